The maximum atomic E-state index is 11.9. The molecule has 0 unspecified atom stereocenters. The second-order valence-electron chi connectivity index (χ2n) is 4.06. The Hall–Kier alpha value is -1.43. The Labute approximate surface area is 103 Å². The topological polar surface area (TPSA) is 70.5 Å². The maximum absolute atomic E-state index is 11.9. The molecule has 1 fully saturated rings. The summed E-state index contributed by atoms with van der Waals surface area (Å²) in [5.41, 5.74) is 2.63. The van der Waals surface area contributed by atoms with Crippen LogP contribution in [-0.2, 0) is 16.0 Å². The van der Waals surface area contributed by atoms with Gasteiger partial charge in [0, 0.05) is 18.3 Å². The minimum absolute atomic E-state index is 0.0806. The van der Waals surface area contributed by atoms with Crippen molar-refractivity contribution < 1.29 is 14.7 Å². The van der Waals surface area contributed by atoms with E-state index in [-0.39, 0.29) is 5.91 Å². The average molecular weight is 254 g/mol. The van der Waals surface area contributed by atoms with Gasteiger partial charge in [0.2, 0.25) is 5.91 Å². The number of carboxylic acid groups (broad SMARTS) is 1. The molecule has 1 aromatic rings. The van der Waals surface area contributed by atoms with E-state index in [1.807, 2.05) is 5.38 Å². The summed E-state index contributed by atoms with van der Waals surface area (Å²) in [6.45, 7) is 0.562. The molecule has 0 saturated carbocycles. The van der Waals surface area contributed by atoms with Gasteiger partial charge in [-0.05, 0) is 19.3 Å². The van der Waals surface area contributed by atoms with Gasteiger partial charge in [0.15, 0.2) is 0 Å². The first-order chi connectivity index (χ1) is 8.18. The zero-order valence-electron chi connectivity index (χ0n) is 9.33. The van der Waals surface area contributed by atoms with Crippen LogP contribution in [0.15, 0.2) is 10.9 Å². The molecule has 6 heteroatoms. The van der Waals surface area contributed by atoms with Gasteiger partial charge < -0.3 is 10.0 Å². The van der Waals surface area contributed by atoms with E-state index in [0.29, 0.717) is 25.8 Å². The Morgan fingerprint density at radius 2 is 2.41 bits per heavy atom. The average Bonchev–Trinajstić information content (AvgIpc) is 2.96. The van der Waals surface area contributed by atoms with Crippen LogP contribution in [0.5, 0.6) is 0 Å². The highest BCUT2D eigenvalue weighted by molar-refractivity contribution is 7.07. The normalized spacial score (nSPS) is 19.5. The van der Waals surface area contributed by atoms with E-state index < -0.39 is 12.0 Å². The largest absolute Gasteiger partial charge is 0.480 e. The molecule has 17 heavy (non-hydrogen) atoms. The third-order valence-corrected chi connectivity index (χ3v) is 3.57. The molecule has 0 spiro atoms. The van der Waals surface area contributed by atoms with Gasteiger partial charge in [0.05, 0.1) is 11.2 Å². The van der Waals surface area contributed by atoms with Crippen molar-refractivity contribution in [1.82, 2.24) is 9.88 Å². The van der Waals surface area contributed by atoms with Crippen LogP contribution >= 0.6 is 11.3 Å². The van der Waals surface area contributed by atoms with Crippen molar-refractivity contribution >= 4 is 23.2 Å². The summed E-state index contributed by atoms with van der Waals surface area (Å²) in [7, 11) is 0. The molecule has 1 atom stereocenters. The van der Waals surface area contributed by atoms with Gasteiger partial charge in [-0.1, -0.05) is 0 Å². The van der Waals surface area contributed by atoms with Gasteiger partial charge in [-0.2, -0.15) is 0 Å². The van der Waals surface area contributed by atoms with Gasteiger partial charge in [-0.25, -0.2) is 9.78 Å². The number of carboxylic acids is 1. The monoisotopic (exact) mass is 254 g/mol. The quantitative estimate of drug-likeness (QED) is 0.875. The number of hydrogen-bond donors (Lipinski definition) is 1. The van der Waals surface area contributed by atoms with Gasteiger partial charge in [-0.3, -0.25) is 4.79 Å². The molecule has 0 radical (unpaired) electrons. The summed E-state index contributed by atoms with van der Waals surface area (Å²) < 4.78 is 0. The van der Waals surface area contributed by atoms with Gasteiger partial charge in [0.1, 0.15) is 6.04 Å². The van der Waals surface area contributed by atoms with Crippen molar-refractivity contribution in [3.8, 4) is 0 Å². The number of nitrogens with zero attached hydrogens (tertiary/aromatic N) is 2. The molecule has 2 rings (SSSR count). The second kappa shape index (κ2) is 5.27. The molecule has 1 aliphatic rings. The van der Waals surface area contributed by atoms with Crippen molar-refractivity contribution in [2.75, 3.05) is 6.54 Å². The minimum Gasteiger partial charge on any atom is -0.480 e. The summed E-state index contributed by atoms with van der Waals surface area (Å²) >= 11 is 1.50. The lowest BCUT2D eigenvalue weighted by atomic mass is 10.2. The van der Waals surface area contributed by atoms with Crippen LogP contribution in [0.3, 0.4) is 0 Å². The van der Waals surface area contributed by atoms with Gasteiger partial charge >= 0.3 is 5.97 Å². The van der Waals surface area contributed by atoms with Gasteiger partial charge in [-0.15, -0.1) is 11.3 Å². The molecule has 2 heterocycles. The highest BCUT2D eigenvalue weighted by Gasteiger charge is 2.33. The summed E-state index contributed by atoms with van der Waals surface area (Å²) in [5.74, 6) is -0.979. The predicted octanol–water partition coefficient (Wildman–Crippen LogP) is 1.15. The van der Waals surface area contributed by atoms with Gasteiger partial charge in [0.25, 0.3) is 0 Å². The number of carbonyl (C=O) groups excluding carboxylic acids is 1. The fraction of sp³-hybridized carbons (Fsp3) is 0.545. The molecule has 0 bridgehead atoms. The molecule has 1 saturated heterocycles. The van der Waals surface area contributed by atoms with E-state index in [9.17, 15) is 9.59 Å². The predicted molar refractivity (Wildman–Crippen MR) is 62.8 cm³/mol. The Morgan fingerprint density at radius 3 is 3.06 bits per heavy atom. The van der Waals surface area contributed by atoms with E-state index >= 15 is 0 Å². The number of thiazole rings is 1. The lowest BCUT2D eigenvalue weighted by Crippen LogP contribution is -2.40. The van der Waals surface area contributed by atoms with Crippen LogP contribution in [-0.4, -0.2) is 39.5 Å². The standard InChI is InChI=1S/C11H14N2O3S/c14-10(4-3-8-6-17-7-12-8)13-5-1-2-9(13)11(15)16/h6-7,9H,1-5H2,(H,15,16)/t9-/m1/s1. The van der Waals surface area contributed by atoms with Crippen LogP contribution in [0.4, 0.5) is 0 Å². The number of aryl methyl sites for hydroxylation is 1. The van der Waals surface area contributed by atoms with Crippen molar-refractivity contribution in [2.24, 2.45) is 0 Å². The van der Waals surface area contributed by atoms with Crippen molar-refractivity contribution in [2.45, 2.75) is 31.7 Å². The fourth-order valence-corrected chi connectivity index (χ4v) is 2.65. The highest BCUT2D eigenvalue weighted by Crippen LogP contribution is 2.19. The summed E-state index contributed by atoms with van der Waals surface area (Å²) in [6, 6.07) is -0.627. The molecule has 1 N–H and O–H groups in total. The van der Waals surface area contributed by atoms with Crippen LogP contribution in [0.1, 0.15) is 25.0 Å². The molecular formula is C11H14N2O3S. The van der Waals surface area contributed by atoms with Crippen molar-refractivity contribution in [1.29, 1.82) is 0 Å². The number of amides is 1. The van der Waals surface area contributed by atoms with Crippen LogP contribution in [0.25, 0.3) is 0 Å². The first-order valence-corrected chi connectivity index (χ1v) is 6.52. The number of aliphatic carboxylic acids is 1. The van der Waals surface area contributed by atoms with E-state index in [4.69, 9.17) is 5.11 Å². The zero-order valence-corrected chi connectivity index (χ0v) is 10.2. The molecule has 0 aromatic carbocycles. The first kappa shape index (κ1) is 12.0. The van der Waals surface area contributed by atoms with Crippen LogP contribution in [0, 0.1) is 0 Å². The summed E-state index contributed by atoms with van der Waals surface area (Å²) in [4.78, 5) is 28.4. The number of likely N-dealkylation sites (tertiary alicyclic amines) is 1. The molecule has 1 aliphatic heterocycles. The summed E-state index contributed by atoms with van der Waals surface area (Å²) in [6.07, 6.45) is 2.27. The van der Waals surface area contributed by atoms with Crippen LogP contribution in [0.2, 0.25) is 0 Å². The smallest absolute Gasteiger partial charge is 0.326 e. The molecular weight excluding hydrogens is 240 g/mol. The van der Waals surface area contributed by atoms with E-state index in [1.54, 1.807) is 5.51 Å². The Kier molecular flexibility index (Phi) is 3.73. The lowest BCUT2D eigenvalue weighted by molar-refractivity contribution is -0.148. The SMILES string of the molecule is O=C(O)[C@H]1CCCN1C(=O)CCc1cscn1. The molecule has 0 aliphatic carbocycles. The van der Waals surface area contributed by atoms with Crippen molar-refractivity contribution in [3.63, 3.8) is 0 Å². The first-order valence-electron chi connectivity index (χ1n) is 5.58. The molecule has 92 valence electrons. The summed E-state index contributed by atoms with van der Waals surface area (Å²) in [5, 5.41) is 10.9. The van der Waals surface area contributed by atoms with E-state index in [1.165, 1.54) is 16.2 Å². The maximum Gasteiger partial charge on any atom is 0.326 e. The fourth-order valence-electron chi connectivity index (χ4n) is 2.06. The van der Waals surface area contributed by atoms with E-state index in [2.05, 4.69) is 4.98 Å². The van der Waals surface area contributed by atoms with E-state index in [0.717, 1.165) is 12.1 Å². The molecule has 1 amide bonds. The molecule has 1 aromatic heterocycles. The number of hydrogen-bond acceptors (Lipinski definition) is 4. The number of aromatic nitrogens is 1. The zero-order chi connectivity index (χ0) is 12.3. The second-order valence-corrected chi connectivity index (χ2v) is 4.78. The number of carbonyl (C=O) groups is 2. The Bertz CT molecular complexity index is 405. The Balaban J connectivity index is 1.89. The third-order valence-electron chi connectivity index (χ3n) is 2.94. The minimum atomic E-state index is -0.899. The third kappa shape index (κ3) is 2.82. The number of rotatable bonds is 4. The Morgan fingerprint density at radius 1 is 1.59 bits per heavy atom. The molecule has 5 nitrogen and oxygen atoms in total. The van der Waals surface area contributed by atoms with Crippen LogP contribution < -0.4 is 0 Å². The van der Waals surface area contributed by atoms with Crippen molar-refractivity contribution in [3.05, 3.63) is 16.6 Å². The highest BCUT2D eigenvalue weighted by atomic mass is 32.1. The lowest BCUT2D eigenvalue weighted by Gasteiger charge is -2.21.